The van der Waals surface area contributed by atoms with E-state index in [4.69, 9.17) is 4.74 Å². The Kier molecular flexibility index (Phi) is 6.48. The molecule has 2 aromatic carbocycles. The van der Waals surface area contributed by atoms with Crippen molar-refractivity contribution < 1.29 is 19.2 Å². The summed E-state index contributed by atoms with van der Waals surface area (Å²) in [5.74, 6) is -1.58. The monoisotopic (exact) mass is 371 g/mol. The average Bonchev–Trinajstić information content (AvgIpc) is 2.67. The highest BCUT2D eigenvalue weighted by Gasteiger charge is 2.20. The van der Waals surface area contributed by atoms with Gasteiger partial charge in [0, 0.05) is 12.1 Å². The summed E-state index contributed by atoms with van der Waals surface area (Å²) < 4.78 is 5.06. The SMILES string of the molecule is CCc1ccc(C(C)NC(=O)C(=O)Nc2cc([N+](=O)[O-])ccc2OC)cc1. The highest BCUT2D eigenvalue weighted by molar-refractivity contribution is 6.39. The number of aryl methyl sites for hydroxylation is 1. The van der Waals surface area contributed by atoms with Crippen molar-refractivity contribution in [3.8, 4) is 5.75 Å². The molecule has 142 valence electrons. The van der Waals surface area contributed by atoms with E-state index in [0.29, 0.717) is 0 Å². The first-order valence-corrected chi connectivity index (χ1v) is 8.38. The van der Waals surface area contributed by atoms with Gasteiger partial charge in [0.15, 0.2) is 0 Å². The lowest BCUT2D eigenvalue weighted by molar-refractivity contribution is -0.384. The van der Waals surface area contributed by atoms with Crippen LogP contribution in [0.5, 0.6) is 5.75 Å². The van der Waals surface area contributed by atoms with E-state index >= 15 is 0 Å². The first-order chi connectivity index (χ1) is 12.8. The van der Waals surface area contributed by atoms with Crippen molar-refractivity contribution in [3.05, 3.63) is 63.7 Å². The van der Waals surface area contributed by atoms with Crippen LogP contribution in [0.4, 0.5) is 11.4 Å². The second-order valence-corrected chi connectivity index (χ2v) is 5.89. The molecule has 0 aliphatic carbocycles. The highest BCUT2D eigenvalue weighted by atomic mass is 16.6. The molecule has 0 aliphatic heterocycles. The second kappa shape index (κ2) is 8.79. The van der Waals surface area contributed by atoms with Gasteiger partial charge in [-0.15, -0.1) is 0 Å². The van der Waals surface area contributed by atoms with Gasteiger partial charge in [0.2, 0.25) is 0 Å². The number of ether oxygens (including phenoxy) is 1. The minimum Gasteiger partial charge on any atom is -0.495 e. The number of anilines is 1. The van der Waals surface area contributed by atoms with E-state index in [9.17, 15) is 19.7 Å². The lowest BCUT2D eigenvalue weighted by atomic mass is 10.1. The quantitative estimate of drug-likeness (QED) is 0.461. The van der Waals surface area contributed by atoms with E-state index in [1.165, 1.54) is 24.8 Å². The third-order valence-corrected chi connectivity index (χ3v) is 4.08. The fraction of sp³-hybridized carbons (Fsp3) is 0.263. The molecule has 0 saturated heterocycles. The summed E-state index contributed by atoms with van der Waals surface area (Å²) in [5.41, 5.74) is 1.86. The van der Waals surface area contributed by atoms with Crippen LogP contribution in [0, 0.1) is 10.1 Å². The topological polar surface area (TPSA) is 111 Å². The molecule has 0 saturated carbocycles. The van der Waals surface area contributed by atoms with Crippen LogP contribution in [0.15, 0.2) is 42.5 Å². The molecule has 2 amide bonds. The summed E-state index contributed by atoms with van der Waals surface area (Å²) in [6, 6.07) is 11.1. The molecular formula is C19H21N3O5. The lowest BCUT2D eigenvalue weighted by Gasteiger charge is -2.15. The van der Waals surface area contributed by atoms with Crippen LogP contribution in [0.1, 0.15) is 31.0 Å². The van der Waals surface area contributed by atoms with Gasteiger partial charge in [-0.3, -0.25) is 19.7 Å². The maximum atomic E-state index is 12.2. The summed E-state index contributed by atoms with van der Waals surface area (Å²) in [4.78, 5) is 34.6. The zero-order valence-electron chi connectivity index (χ0n) is 15.3. The Morgan fingerprint density at radius 3 is 2.37 bits per heavy atom. The van der Waals surface area contributed by atoms with Crippen LogP contribution in [-0.4, -0.2) is 23.8 Å². The minimum absolute atomic E-state index is 0.0480. The number of hydrogen-bond acceptors (Lipinski definition) is 5. The first-order valence-electron chi connectivity index (χ1n) is 8.38. The van der Waals surface area contributed by atoms with Gasteiger partial charge in [-0.2, -0.15) is 0 Å². The van der Waals surface area contributed by atoms with E-state index in [-0.39, 0.29) is 23.2 Å². The molecule has 0 aromatic heterocycles. The van der Waals surface area contributed by atoms with Crippen molar-refractivity contribution in [1.82, 2.24) is 5.32 Å². The number of nitro groups is 1. The van der Waals surface area contributed by atoms with Gasteiger partial charge >= 0.3 is 11.8 Å². The van der Waals surface area contributed by atoms with Gasteiger partial charge in [-0.25, -0.2) is 0 Å². The van der Waals surface area contributed by atoms with Crippen molar-refractivity contribution in [2.24, 2.45) is 0 Å². The van der Waals surface area contributed by atoms with Crippen molar-refractivity contribution >= 4 is 23.2 Å². The molecule has 2 aromatic rings. The summed E-state index contributed by atoms with van der Waals surface area (Å²) in [5, 5.41) is 15.8. The van der Waals surface area contributed by atoms with E-state index < -0.39 is 16.7 Å². The predicted molar refractivity (Wildman–Crippen MR) is 101 cm³/mol. The number of nitrogens with one attached hydrogen (secondary N) is 2. The van der Waals surface area contributed by atoms with Gasteiger partial charge in [0.05, 0.1) is 23.8 Å². The maximum Gasteiger partial charge on any atom is 0.313 e. The predicted octanol–water partition coefficient (Wildman–Crippen LogP) is 2.98. The van der Waals surface area contributed by atoms with E-state index in [1.807, 2.05) is 31.2 Å². The zero-order valence-corrected chi connectivity index (χ0v) is 15.3. The molecule has 27 heavy (non-hydrogen) atoms. The van der Waals surface area contributed by atoms with E-state index in [1.54, 1.807) is 6.92 Å². The van der Waals surface area contributed by atoms with Crippen LogP contribution < -0.4 is 15.4 Å². The molecule has 0 aliphatic rings. The molecule has 0 heterocycles. The van der Waals surface area contributed by atoms with Crippen molar-refractivity contribution in [1.29, 1.82) is 0 Å². The number of rotatable bonds is 6. The van der Waals surface area contributed by atoms with Gasteiger partial charge in [-0.1, -0.05) is 31.2 Å². The van der Waals surface area contributed by atoms with Crippen molar-refractivity contribution in [2.75, 3.05) is 12.4 Å². The molecular weight excluding hydrogens is 350 g/mol. The standard InChI is InChI=1S/C19H21N3O5/c1-4-13-5-7-14(8-6-13)12(2)20-18(23)19(24)21-16-11-15(22(25)26)9-10-17(16)27-3/h5-12H,4H2,1-3H3,(H,20,23)(H,21,24). The molecule has 8 heteroatoms. The Hall–Kier alpha value is -3.42. The third kappa shape index (κ3) is 5.04. The van der Waals surface area contributed by atoms with Gasteiger partial charge < -0.3 is 15.4 Å². The number of carbonyl (C=O) groups is 2. The number of benzene rings is 2. The van der Waals surface area contributed by atoms with E-state index in [2.05, 4.69) is 10.6 Å². The fourth-order valence-corrected chi connectivity index (χ4v) is 2.47. The van der Waals surface area contributed by atoms with Crippen molar-refractivity contribution in [2.45, 2.75) is 26.3 Å². The second-order valence-electron chi connectivity index (χ2n) is 5.89. The Labute approximate surface area is 156 Å². The number of methoxy groups -OCH3 is 1. The summed E-state index contributed by atoms with van der Waals surface area (Å²) in [7, 11) is 1.36. The lowest BCUT2D eigenvalue weighted by Crippen LogP contribution is -2.37. The number of nitrogens with zero attached hydrogens (tertiary/aromatic N) is 1. The minimum atomic E-state index is -0.939. The fourth-order valence-electron chi connectivity index (χ4n) is 2.47. The first kappa shape index (κ1) is 19.9. The largest absolute Gasteiger partial charge is 0.495 e. The number of nitro benzene ring substituents is 1. The molecule has 1 atom stereocenters. The summed E-state index contributed by atoms with van der Waals surface area (Å²) >= 11 is 0. The Morgan fingerprint density at radius 2 is 1.81 bits per heavy atom. The average molecular weight is 371 g/mol. The molecule has 0 fully saturated rings. The number of hydrogen-bond donors (Lipinski definition) is 2. The zero-order chi connectivity index (χ0) is 20.0. The normalized spacial score (nSPS) is 11.4. The molecule has 8 nitrogen and oxygen atoms in total. The Balaban J connectivity index is 2.07. The molecule has 1 unspecified atom stereocenters. The van der Waals surface area contributed by atoms with Crippen LogP contribution >= 0.6 is 0 Å². The van der Waals surface area contributed by atoms with Gasteiger partial charge in [0.25, 0.3) is 5.69 Å². The summed E-state index contributed by atoms with van der Waals surface area (Å²) in [6.07, 6.45) is 0.911. The molecule has 2 N–H and O–H groups in total. The number of amides is 2. The Morgan fingerprint density at radius 1 is 1.15 bits per heavy atom. The Bertz CT molecular complexity index is 849. The molecule has 0 spiro atoms. The van der Waals surface area contributed by atoms with Gasteiger partial charge in [0.1, 0.15) is 5.75 Å². The molecule has 0 radical (unpaired) electrons. The molecule has 2 rings (SSSR count). The smallest absolute Gasteiger partial charge is 0.313 e. The maximum absolute atomic E-state index is 12.2. The number of non-ortho nitro benzene ring substituents is 1. The highest BCUT2D eigenvalue weighted by Crippen LogP contribution is 2.28. The molecule has 0 bridgehead atoms. The van der Waals surface area contributed by atoms with Crippen LogP contribution in [0.25, 0.3) is 0 Å². The van der Waals surface area contributed by atoms with Crippen LogP contribution in [0.3, 0.4) is 0 Å². The number of carbonyl (C=O) groups excluding carboxylic acids is 2. The van der Waals surface area contributed by atoms with Gasteiger partial charge in [-0.05, 0) is 30.5 Å². The van der Waals surface area contributed by atoms with Crippen molar-refractivity contribution in [3.63, 3.8) is 0 Å². The third-order valence-electron chi connectivity index (χ3n) is 4.08. The van der Waals surface area contributed by atoms with E-state index in [0.717, 1.165) is 18.1 Å². The van der Waals surface area contributed by atoms with Crippen LogP contribution in [-0.2, 0) is 16.0 Å². The summed E-state index contributed by atoms with van der Waals surface area (Å²) in [6.45, 7) is 3.81. The van der Waals surface area contributed by atoms with Crippen LogP contribution in [0.2, 0.25) is 0 Å².